The normalized spacial score (nSPS) is 39.3. The van der Waals surface area contributed by atoms with Crippen molar-refractivity contribution < 1.29 is 28.7 Å². The summed E-state index contributed by atoms with van der Waals surface area (Å²) in [7, 11) is 0. The molecule has 0 radical (unpaired) electrons. The van der Waals surface area contributed by atoms with Crippen molar-refractivity contribution >= 4 is 23.8 Å². The topological polar surface area (TPSA) is 111 Å². The van der Waals surface area contributed by atoms with Gasteiger partial charge in [-0.25, -0.2) is 0 Å². The Hall–Kier alpha value is -2.12. The highest BCUT2D eigenvalue weighted by molar-refractivity contribution is 5.97. The molecule has 2 heterocycles. The predicted octanol–water partition coefficient (Wildman–Crippen LogP) is 2.63. The lowest BCUT2D eigenvalue weighted by Crippen LogP contribution is -2.53. The Balaban J connectivity index is 1.20. The number of hydrogen-bond acceptors (Lipinski definition) is 6. The highest BCUT2D eigenvalue weighted by atomic mass is 16.6. The summed E-state index contributed by atoms with van der Waals surface area (Å²) < 4.78 is 11.2. The summed E-state index contributed by atoms with van der Waals surface area (Å²) in [5.41, 5.74) is -4.46. The predicted molar refractivity (Wildman–Crippen MR) is 120 cm³/mol. The number of rotatable bonds is 8. The first-order valence-electron chi connectivity index (χ1n) is 12.3. The Morgan fingerprint density at radius 3 is 1.30 bits per heavy atom. The maximum Gasteiger partial charge on any atom is 0.313 e. The lowest BCUT2D eigenvalue weighted by Gasteiger charge is -2.35. The van der Waals surface area contributed by atoms with Crippen LogP contribution in [0.4, 0.5) is 0 Å². The summed E-state index contributed by atoms with van der Waals surface area (Å²) in [4.78, 5) is 50.6. The van der Waals surface area contributed by atoms with E-state index >= 15 is 0 Å². The summed E-state index contributed by atoms with van der Waals surface area (Å²) in [6.45, 7) is 12.6. The smallest absolute Gasteiger partial charge is 0.313 e. The fraction of sp³-hybridized carbons (Fsp3) is 0.840. The van der Waals surface area contributed by atoms with E-state index < -0.39 is 32.9 Å². The number of nitrogens with one attached hydrogen (secondary N) is 2. The van der Waals surface area contributed by atoms with E-state index in [0.717, 1.165) is 19.3 Å². The number of fused-ring (bicyclic) bond motifs is 4. The standard InChI is InChI=1S/C25H38N2O6/c1-20(2)22(5)10-12-24(20,32-18(22)30)16(28)26-14-8-7-9-15-27-17(29)25-13-11-23(6,19(31)33-25)21(25,3)4/h7-15H2,1-6H3,(H,26,28)(H,27,29)/t22-,23-,24-,25+/m0/s1. The second kappa shape index (κ2) is 7.19. The van der Waals surface area contributed by atoms with Gasteiger partial charge in [0.15, 0.2) is 11.2 Å². The van der Waals surface area contributed by atoms with Crippen LogP contribution in [-0.4, -0.2) is 48.0 Å². The molecule has 8 nitrogen and oxygen atoms in total. The van der Waals surface area contributed by atoms with Crippen LogP contribution in [0.5, 0.6) is 0 Å². The number of carbonyl (C=O) groups is 4. The molecule has 8 heteroatoms. The molecule has 0 aromatic carbocycles. The second-order valence-electron chi connectivity index (χ2n) is 11.9. The Morgan fingerprint density at radius 2 is 1.03 bits per heavy atom. The zero-order valence-corrected chi connectivity index (χ0v) is 20.8. The van der Waals surface area contributed by atoms with Crippen molar-refractivity contribution in [1.29, 1.82) is 0 Å². The first-order valence-corrected chi connectivity index (χ1v) is 12.3. The summed E-state index contributed by atoms with van der Waals surface area (Å²) in [5.74, 6) is -0.960. The summed E-state index contributed by atoms with van der Waals surface area (Å²) in [5, 5.41) is 5.92. The second-order valence-corrected chi connectivity index (χ2v) is 11.9. The molecule has 4 rings (SSSR count). The maximum absolute atomic E-state index is 13.0. The molecule has 2 aliphatic heterocycles. The van der Waals surface area contributed by atoms with Gasteiger partial charge >= 0.3 is 11.9 Å². The molecule has 33 heavy (non-hydrogen) atoms. The molecule has 4 bridgehead atoms. The fourth-order valence-corrected chi connectivity index (χ4v) is 6.61. The van der Waals surface area contributed by atoms with E-state index in [1.54, 1.807) is 0 Å². The number of ether oxygens (including phenoxy) is 2. The van der Waals surface area contributed by atoms with Crippen LogP contribution in [0, 0.1) is 21.7 Å². The highest BCUT2D eigenvalue weighted by Gasteiger charge is 2.76. The molecule has 0 aromatic heterocycles. The van der Waals surface area contributed by atoms with Crippen molar-refractivity contribution in [2.24, 2.45) is 21.7 Å². The van der Waals surface area contributed by atoms with Crippen LogP contribution in [0.2, 0.25) is 0 Å². The van der Waals surface area contributed by atoms with Crippen LogP contribution < -0.4 is 10.6 Å². The number of esters is 2. The van der Waals surface area contributed by atoms with Crippen LogP contribution >= 0.6 is 0 Å². The third-order valence-electron chi connectivity index (χ3n) is 10.3. The maximum atomic E-state index is 13.0. The molecular formula is C25H38N2O6. The monoisotopic (exact) mass is 462 g/mol. The number of carbonyl (C=O) groups excluding carboxylic acids is 4. The van der Waals surface area contributed by atoms with Gasteiger partial charge < -0.3 is 20.1 Å². The number of hydrogen-bond donors (Lipinski definition) is 2. The largest absolute Gasteiger partial charge is 0.448 e. The molecular weight excluding hydrogens is 424 g/mol. The molecule has 4 atom stereocenters. The number of amides is 2. The zero-order valence-electron chi connectivity index (χ0n) is 20.8. The van der Waals surface area contributed by atoms with Gasteiger partial charge in [0, 0.05) is 23.9 Å². The molecule has 4 fully saturated rings. The van der Waals surface area contributed by atoms with Crippen molar-refractivity contribution in [3.8, 4) is 0 Å². The van der Waals surface area contributed by atoms with Gasteiger partial charge in [-0.3, -0.25) is 19.2 Å². The molecule has 2 amide bonds. The van der Waals surface area contributed by atoms with Gasteiger partial charge in [-0.15, -0.1) is 0 Å². The Kier molecular flexibility index (Phi) is 5.23. The van der Waals surface area contributed by atoms with Gasteiger partial charge in [-0.1, -0.05) is 27.7 Å². The van der Waals surface area contributed by atoms with Crippen LogP contribution in [0.25, 0.3) is 0 Å². The highest BCUT2D eigenvalue weighted by Crippen LogP contribution is 2.66. The molecule has 2 saturated heterocycles. The van der Waals surface area contributed by atoms with E-state index in [4.69, 9.17) is 9.47 Å². The lowest BCUT2D eigenvalue weighted by molar-refractivity contribution is -0.168. The van der Waals surface area contributed by atoms with Crippen LogP contribution in [0.1, 0.15) is 86.5 Å². The molecule has 0 unspecified atom stereocenters. The first-order chi connectivity index (χ1) is 15.2. The lowest BCUT2D eigenvalue weighted by atomic mass is 9.66. The minimum atomic E-state index is -1.08. The van der Waals surface area contributed by atoms with Crippen molar-refractivity contribution in [2.75, 3.05) is 13.1 Å². The third-order valence-corrected chi connectivity index (χ3v) is 10.3. The summed E-state index contributed by atoms with van der Waals surface area (Å²) >= 11 is 0. The minimum absolute atomic E-state index is 0.205. The number of unbranched alkanes of at least 4 members (excludes halogenated alkanes) is 2. The van der Waals surface area contributed by atoms with Crippen molar-refractivity contribution in [1.82, 2.24) is 10.6 Å². The zero-order chi connectivity index (χ0) is 24.5. The SMILES string of the molecule is CC1(C)[C@@]2(C)CC[C@@]1(C(=O)NCCCCCNC(=O)[C@@]13CC[C@@](C)(C(=O)O1)C3(C)C)OC2=O. The van der Waals surface area contributed by atoms with Crippen molar-refractivity contribution in [3.63, 3.8) is 0 Å². The van der Waals surface area contributed by atoms with Gasteiger partial charge in [-0.2, -0.15) is 0 Å². The summed E-state index contributed by atoms with van der Waals surface area (Å²) in [6.07, 6.45) is 4.78. The molecule has 184 valence electrons. The van der Waals surface area contributed by atoms with Gasteiger partial charge in [0.25, 0.3) is 11.8 Å². The van der Waals surface area contributed by atoms with Crippen LogP contribution in [0.15, 0.2) is 0 Å². The molecule has 0 aromatic rings. The Bertz CT molecular complexity index is 841. The molecule has 4 aliphatic rings. The van der Waals surface area contributed by atoms with E-state index in [1.165, 1.54) is 0 Å². The van der Waals surface area contributed by atoms with Crippen molar-refractivity contribution in [2.45, 2.75) is 97.7 Å². The fourth-order valence-electron chi connectivity index (χ4n) is 6.61. The van der Waals surface area contributed by atoms with Crippen molar-refractivity contribution in [3.05, 3.63) is 0 Å². The molecule has 2 N–H and O–H groups in total. The van der Waals surface area contributed by atoms with E-state index in [1.807, 2.05) is 41.5 Å². The van der Waals surface area contributed by atoms with E-state index in [9.17, 15) is 19.2 Å². The van der Waals surface area contributed by atoms with Crippen LogP contribution in [0.3, 0.4) is 0 Å². The van der Waals surface area contributed by atoms with E-state index in [2.05, 4.69) is 10.6 Å². The first kappa shape index (κ1) is 24.0. The van der Waals surface area contributed by atoms with Gasteiger partial charge in [0.1, 0.15) is 0 Å². The molecule has 2 saturated carbocycles. The van der Waals surface area contributed by atoms with Gasteiger partial charge in [-0.05, 0) is 58.8 Å². The minimum Gasteiger partial charge on any atom is -0.448 e. The van der Waals surface area contributed by atoms with E-state index in [-0.39, 0.29) is 23.8 Å². The molecule has 2 aliphatic carbocycles. The average molecular weight is 463 g/mol. The quantitative estimate of drug-likeness (QED) is 0.424. The van der Waals surface area contributed by atoms with Gasteiger partial charge in [0.2, 0.25) is 0 Å². The van der Waals surface area contributed by atoms with Gasteiger partial charge in [0.05, 0.1) is 10.8 Å². The van der Waals surface area contributed by atoms with E-state index in [0.29, 0.717) is 38.8 Å². The third kappa shape index (κ3) is 2.75. The Morgan fingerprint density at radius 1 is 0.667 bits per heavy atom. The Labute approximate surface area is 195 Å². The van der Waals surface area contributed by atoms with Crippen LogP contribution in [-0.2, 0) is 28.7 Å². The summed E-state index contributed by atoms with van der Waals surface area (Å²) in [6, 6.07) is 0. The average Bonchev–Trinajstić information content (AvgIpc) is 3.20. The molecule has 0 spiro atoms.